The third-order valence-electron chi connectivity index (χ3n) is 2.10. The van der Waals surface area contributed by atoms with Crippen LogP contribution in [0.3, 0.4) is 0 Å². The van der Waals surface area contributed by atoms with E-state index in [1.54, 1.807) is 0 Å². The molecule has 2 N–H and O–H groups in total. The first kappa shape index (κ1) is 8.61. The molecule has 0 spiro atoms. The zero-order chi connectivity index (χ0) is 9.30. The van der Waals surface area contributed by atoms with Gasteiger partial charge in [-0.25, -0.2) is 4.85 Å². The standard InChI is InChI=1S/C10H12N2/c1-6-5-7(2)10(12-4)8(3)9(6)11/h5H,11H2,1-3H3. The lowest BCUT2D eigenvalue weighted by Gasteiger charge is -2.08. The first-order valence-corrected chi connectivity index (χ1v) is 3.81. The monoisotopic (exact) mass is 160 g/mol. The molecule has 0 aliphatic rings. The fraction of sp³-hybridized carbons (Fsp3) is 0.300. The Bertz CT molecular complexity index is 359. The Hall–Kier alpha value is -1.49. The number of nitrogens with zero attached hydrogens (tertiary/aromatic N) is 1. The lowest BCUT2D eigenvalue weighted by Crippen LogP contribution is -1.94. The SMILES string of the molecule is [C-]#[N+]c1c(C)cc(C)c(N)c1C. The van der Waals surface area contributed by atoms with Gasteiger partial charge in [-0.1, -0.05) is 6.07 Å². The van der Waals surface area contributed by atoms with Crippen LogP contribution in [0.5, 0.6) is 0 Å². The maximum atomic E-state index is 6.96. The lowest BCUT2D eigenvalue weighted by atomic mass is 10.0. The molecule has 0 saturated carbocycles. The maximum absolute atomic E-state index is 6.96. The van der Waals surface area contributed by atoms with Gasteiger partial charge in [0.15, 0.2) is 5.69 Å². The van der Waals surface area contributed by atoms with Crippen LogP contribution in [-0.4, -0.2) is 0 Å². The van der Waals surface area contributed by atoms with Crippen LogP contribution < -0.4 is 5.73 Å². The van der Waals surface area contributed by atoms with Crippen LogP contribution in [0.2, 0.25) is 0 Å². The molecule has 0 aliphatic carbocycles. The highest BCUT2D eigenvalue weighted by atomic mass is 14.7. The molecule has 0 unspecified atom stereocenters. The predicted octanol–water partition coefficient (Wildman–Crippen LogP) is 2.74. The molecule has 0 fully saturated rings. The van der Waals surface area contributed by atoms with Gasteiger partial charge in [0.05, 0.1) is 6.57 Å². The molecule has 0 aromatic heterocycles. The average molecular weight is 160 g/mol. The first-order valence-electron chi connectivity index (χ1n) is 3.81. The van der Waals surface area contributed by atoms with Gasteiger partial charge in [-0.05, 0) is 37.5 Å². The summed E-state index contributed by atoms with van der Waals surface area (Å²) in [6, 6.07) is 1.95. The van der Waals surface area contributed by atoms with Gasteiger partial charge in [-0.2, -0.15) is 0 Å². The summed E-state index contributed by atoms with van der Waals surface area (Å²) in [6.45, 7) is 12.8. The topological polar surface area (TPSA) is 30.4 Å². The Morgan fingerprint density at radius 3 is 2.33 bits per heavy atom. The van der Waals surface area contributed by atoms with Crippen molar-refractivity contribution in [3.63, 3.8) is 0 Å². The third-order valence-corrected chi connectivity index (χ3v) is 2.10. The zero-order valence-electron chi connectivity index (χ0n) is 7.60. The number of hydrogen-bond donors (Lipinski definition) is 1. The largest absolute Gasteiger partial charge is 0.399 e. The molecule has 0 amide bonds. The van der Waals surface area contributed by atoms with E-state index < -0.39 is 0 Å². The summed E-state index contributed by atoms with van der Waals surface area (Å²) in [6.07, 6.45) is 0. The van der Waals surface area contributed by atoms with Gasteiger partial charge in [0.25, 0.3) is 0 Å². The molecule has 1 aromatic carbocycles. The number of nitrogen functional groups attached to an aromatic ring is 1. The molecular weight excluding hydrogens is 148 g/mol. The molecule has 0 radical (unpaired) electrons. The number of hydrogen-bond acceptors (Lipinski definition) is 1. The van der Waals surface area contributed by atoms with Crippen LogP contribution in [0.1, 0.15) is 16.7 Å². The molecular formula is C10H12N2. The van der Waals surface area contributed by atoms with Gasteiger partial charge < -0.3 is 5.73 Å². The molecule has 12 heavy (non-hydrogen) atoms. The second-order valence-electron chi connectivity index (χ2n) is 3.01. The van der Waals surface area contributed by atoms with Crippen molar-refractivity contribution in [2.75, 3.05) is 5.73 Å². The van der Waals surface area contributed by atoms with Crippen molar-refractivity contribution in [3.8, 4) is 0 Å². The Balaban J connectivity index is 3.54. The second kappa shape index (κ2) is 2.86. The fourth-order valence-electron chi connectivity index (χ4n) is 1.36. The van der Waals surface area contributed by atoms with E-state index in [-0.39, 0.29) is 0 Å². The molecule has 0 heterocycles. The molecule has 1 aromatic rings. The van der Waals surface area contributed by atoms with Gasteiger partial charge in [-0.3, -0.25) is 0 Å². The molecule has 2 nitrogen and oxygen atoms in total. The summed E-state index contributed by atoms with van der Waals surface area (Å²) in [7, 11) is 0. The average Bonchev–Trinajstić information content (AvgIpc) is 2.01. The minimum atomic E-state index is 0.693. The van der Waals surface area contributed by atoms with E-state index in [9.17, 15) is 0 Å². The third kappa shape index (κ3) is 1.14. The Labute approximate surface area is 72.8 Å². The van der Waals surface area contributed by atoms with Crippen molar-refractivity contribution in [2.45, 2.75) is 20.8 Å². The molecule has 1 rings (SSSR count). The summed E-state index contributed by atoms with van der Waals surface area (Å²) >= 11 is 0. The van der Waals surface area contributed by atoms with E-state index in [1.165, 1.54) is 0 Å². The zero-order valence-corrected chi connectivity index (χ0v) is 7.60. The highest BCUT2D eigenvalue weighted by molar-refractivity contribution is 5.70. The van der Waals surface area contributed by atoms with E-state index in [2.05, 4.69) is 4.85 Å². The summed E-state index contributed by atoms with van der Waals surface area (Å²) in [5.74, 6) is 0. The second-order valence-corrected chi connectivity index (χ2v) is 3.01. The number of nitrogens with two attached hydrogens (primary N) is 1. The normalized spacial score (nSPS) is 9.50. The number of aryl methyl sites for hydroxylation is 2. The Morgan fingerprint density at radius 2 is 1.83 bits per heavy atom. The van der Waals surface area contributed by atoms with Gasteiger partial charge in [0.2, 0.25) is 0 Å². The summed E-state index contributed by atoms with van der Waals surface area (Å²) < 4.78 is 0. The quantitative estimate of drug-likeness (QED) is 0.459. The Kier molecular flexibility index (Phi) is 2.05. The fourth-order valence-corrected chi connectivity index (χ4v) is 1.36. The van der Waals surface area contributed by atoms with Crippen molar-refractivity contribution < 1.29 is 0 Å². The molecule has 0 saturated heterocycles. The highest BCUT2D eigenvalue weighted by Gasteiger charge is 2.07. The summed E-state index contributed by atoms with van der Waals surface area (Å²) in [4.78, 5) is 3.44. The number of rotatable bonds is 0. The smallest absolute Gasteiger partial charge is 0.195 e. The van der Waals surface area contributed by atoms with E-state index in [0.717, 1.165) is 22.4 Å². The molecule has 2 heteroatoms. The summed E-state index contributed by atoms with van der Waals surface area (Å²) in [5, 5.41) is 0. The van der Waals surface area contributed by atoms with Crippen molar-refractivity contribution >= 4 is 11.4 Å². The maximum Gasteiger partial charge on any atom is 0.195 e. The van der Waals surface area contributed by atoms with Crippen LogP contribution in [-0.2, 0) is 0 Å². The molecule has 0 aliphatic heterocycles. The minimum absolute atomic E-state index is 0.693. The van der Waals surface area contributed by atoms with Crippen LogP contribution >= 0.6 is 0 Å². The molecule has 0 atom stereocenters. The van der Waals surface area contributed by atoms with Crippen molar-refractivity contribution in [1.82, 2.24) is 0 Å². The van der Waals surface area contributed by atoms with Crippen molar-refractivity contribution in [1.29, 1.82) is 0 Å². The predicted molar refractivity (Wildman–Crippen MR) is 51.3 cm³/mol. The number of benzene rings is 1. The van der Waals surface area contributed by atoms with Gasteiger partial charge in [0, 0.05) is 5.69 Å². The summed E-state index contributed by atoms with van der Waals surface area (Å²) in [5.41, 5.74) is 10.2. The van der Waals surface area contributed by atoms with Crippen LogP contribution in [0.4, 0.5) is 11.4 Å². The van der Waals surface area contributed by atoms with E-state index in [0.29, 0.717) is 5.69 Å². The van der Waals surface area contributed by atoms with E-state index in [1.807, 2.05) is 26.8 Å². The van der Waals surface area contributed by atoms with Gasteiger partial charge in [0.1, 0.15) is 0 Å². The number of anilines is 1. The van der Waals surface area contributed by atoms with E-state index in [4.69, 9.17) is 12.3 Å². The van der Waals surface area contributed by atoms with Gasteiger partial charge in [-0.15, -0.1) is 0 Å². The van der Waals surface area contributed by atoms with Crippen LogP contribution in [0.15, 0.2) is 6.07 Å². The van der Waals surface area contributed by atoms with Crippen LogP contribution in [0, 0.1) is 27.3 Å². The highest BCUT2D eigenvalue weighted by Crippen LogP contribution is 2.30. The van der Waals surface area contributed by atoms with Crippen molar-refractivity contribution in [3.05, 3.63) is 34.2 Å². The lowest BCUT2D eigenvalue weighted by molar-refractivity contribution is 1.34. The molecule has 0 bridgehead atoms. The van der Waals surface area contributed by atoms with Crippen LogP contribution in [0.25, 0.3) is 4.85 Å². The first-order chi connectivity index (χ1) is 5.57. The minimum Gasteiger partial charge on any atom is -0.399 e. The van der Waals surface area contributed by atoms with E-state index >= 15 is 0 Å². The van der Waals surface area contributed by atoms with Crippen molar-refractivity contribution in [2.24, 2.45) is 0 Å². The van der Waals surface area contributed by atoms with Gasteiger partial charge >= 0.3 is 0 Å². The molecule has 62 valence electrons. The Morgan fingerprint density at radius 1 is 1.25 bits per heavy atom.